The summed E-state index contributed by atoms with van der Waals surface area (Å²) in [5, 5.41) is 19.6. The number of aromatic hydroxyl groups is 2. The molecule has 0 unspecified atom stereocenters. The summed E-state index contributed by atoms with van der Waals surface area (Å²) in [6.45, 7) is 8.30. The van der Waals surface area contributed by atoms with Crippen LogP contribution < -0.4 is 10.2 Å². The highest BCUT2D eigenvalue weighted by molar-refractivity contribution is 5.88. The molecule has 0 atom stereocenters. The van der Waals surface area contributed by atoms with E-state index >= 15 is 0 Å². The van der Waals surface area contributed by atoms with Crippen LogP contribution in [0.25, 0.3) is 22.1 Å². The highest BCUT2D eigenvalue weighted by Crippen LogP contribution is 2.30. The van der Waals surface area contributed by atoms with E-state index in [1.54, 1.807) is 38.1 Å². The van der Waals surface area contributed by atoms with Gasteiger partial charge in [-0.1, -0.05) is 26.0 Å². The van der Waals surface area contributed by atoms with Crippen molar-refractivity contribution in [3.63, 3.8) is 0 Å². The summed E-state index contributed by atoms with van der Waals surface area (Å²) in [5.41, 5.74) is -0.124. The van der Waals surface area contributed by atoms with Crippen molar-refractivity contribution in [1.29, 1.82) is 0 Å². The first kappa shape index (κ1) is 25.1. The molecule has 8 heteroatoms. The Balaban J connectivity index is 1.57. The van der Waals surface area contributed by atoms with Crippen molar-refractivity contribution >= 4 is 16.9 Å². The number of rotatable bonds is 10. The Morgan fingerprint density at radius 2 is 1.82 bits per heavy atom. The van der Waals surface area contributed by atoms with Crippen molar-refractivity contribution in [2.24, 2.45) is 11.3 Å². The number of carbonyl (C=O) groups excluding carboxylic acids is 1. The summed E-state index contributed by atoms with van der Waals surface area (Å²) < 4.78 is 11.2. The molecule has 0 fully saturated rings. The van der Waals surface area contributed by atoms with Crippen molar-refractivity contribution in [3.05, 3.63) is 52.9 Å². The minimum atomic E-state index is -0.698. The third-order valence-electron chi connectivity index (χ3n) is 5.31. The van der Waals surface area contributed by atoms with Crippen LogP contribution in [0.2, 0.25) is 0 Å². The average Bonchev–Trinajstić information content (AvgIpc) is 2.76. The molecule has 2 aromatic carbocycles. The van der Waals surface area contributed by atoms with Gasteiger partial charge >= 0.3 is 5.97 Å². The van der Waals surface area contributed by atoms with E-state index in [-0.39, 0.29) is 33.9 Å². The normalized spacial score (nSPS) is 11.7. The minimum Gasteiger partial charge on any atom is -0.508 e. The molecule has 0 saturated heterocycles. The lowest BCUT2D eigenvalue weighted by atomic mass is 9.88. The van der Waals surface area contributed by atoms with Crippen molar-refractivity contribution < 1.29 is 33.9 Å². The Bertz CT molecular complexity index is 1190. The van der Waals surface area contributed by atoms with Crippen LogP contribution in [-0.2, 0) is 14.6 Å². The number of hydrogen-bond acceptors (Lipinski definition) is 8. The monoisotopic (exact) mass is 470 g/mol. The number of fused-ring (bicyclic) bond motifs is 1. The van der Waals surface area contributed by atoms with E-state index in [1.165, 1.54) is 12.3 Å². The maximum absolute atomic E-state index is 12.8. The highest BCUT2D eigenvalue weighted by atomic mass is 17.2. The van der Waals surface area contributed by atoms with Gasteiger partial charge in [-0.25, -0.2) is 4.79 Å². The van der Waals surface area contributed by atoms with Crippen LogP contribution in [-0.4, -0.2) is 29.4 Å². The first-order valence-electron chi connectivity index (χ1n) is 11.1. The Kier molecular flexibility index (Phi) is 7.83. The second kappa shape index (κ2) is 10.6. The molecule has 0 amide bonds. The largest absolute Gasteiger partial charge is 0.508 e. The first-order chi connectivity index (χ1) is 16.1. The van der Waals surface area contributed by atoms with Gasteiger partial charge in [0.2, 0.25) is 5.43 Å². The average molecular weight is 471 g/mol. The standard InChI is InChI=1S/C26H30O8/c1-16(2)14-33-34-25(30)26(3,4)10-5-11-31-19-8-6-17(7-9-19)20-15-32-22-13-18(27)12-21(28)23(22)24(20)29/h6-9,12-13,15-16,27-28H,5,10-11,14H2,1-4H3. The Morgan fingerprint density at radius 3 is 2.50 bits per heavy atom. The van der Waals surface area contributed by atoms with Crippen LogP contribution in [0.4, 0.5) is 0 Å². The third-order valence-corrected chi connectivity index (χ3v) is 5.31. The molecule has 0 aliphatic rings. The van der Waals surface area contributed by atoms with Gasteiger partial charge in [0.05, 0.1) is 24.2 Å². The van der Waals surface area contributed by atoms with E-state index in [0.717, 1.165) is 6.07 Å². The smallest absolute Gasteiger partial charge is 0.347 e. The predicted octanol–water partition coefficient (Wildman–Crippen LogP) is 5.19. The SMILES string of the molecule is CC(C)COOC(=O)C(C)(C)CCCOc1ccc(-c2coc3cc(O)cc(O)c3c2=O)cc1. The molecule has 3 aromatic rings. The van der Waals surface area contributed by atoms with Crippen LogP contribution >= 0.6 is 0 Å². The second-order valence-electron chi connectivity index (χ2n) is 9.23. The van der Waals surface area contributed by atoms with Gasteiger partial charge in [-0.05, 0) is 50.3 Å². The third kappa shape index (κ3) is 6.08. The van der Waals surface area contributed by atoms with Crippen LogP contribution in [0.5, 0.6) is 17.2 Å². The highest BCUT2D eigenvalue weighted by Gasteiger charge is 2.30. The molecular formula is C26H30O8. The van der Waals surface area contributed by atoms with E-state index in [2.05, 4.69) is 0 Å². The van der Waals surface area contributed by atoms with Crippen LogP contribution in [0.15, 0.2) is 51.9 Å². The van der Waals surface area contributed by atoms with Crippen LogP contribution in [0.1, 0.15) is 40.5 Å². The van der Waals surface area contributed by atoms with Crippen molar-refractivity contribution in [2.45, 2.75) is 40.5 Å². The Morgan fingerprint density at radius 1 is 1.12 bits per heavy atom. The molecule has 0 aliphatic carbocycles. The molecule has 1 aromatic heterocycles. The summed E-state index contributed by atoms with van der Waals surface area (Å²) in [6.07, 6.45) is 2.49. The summed E-state index contributed by atoms with van der Waals surface area (Å²) >= 11 is 0. The quantitative estimate of drug-likeness (QED) is 0.236. The number of benzene rings is 2. The molecule has 0 saturated carbocycles. The van der Waals surface area contributed by atoms with E-state index in [9.17, 15) is 19.8 Å². The van der Waals surface area contributed by atoms with Gasteiger partial charge in [0.25, 0.3) is 0 Å². The summed E-state index contributed by atoms with van der Waals surface area (Å²) in [4.78, 5) is 34.9. The maximum atomic E-state index is 12.8. The number of ether oxygens (including phenoxy) is 1. The minimum absolute atomic E-state index is 0.00590. The first-order valence-corrected chi connectivity index (χ1v) is 11.1. The molecule has 1 heterocycles. The number of phenols is 2. The zero-order valence-electron chi connectivity index (χ0n) is 19.8. The lowest BCUT2D eigenvalue weighted by molar-refractivity contribution is -0.284. The van der Waals surface area contributed by atoms with E-state index in [1.807, 2.05) is 13.8 Å². The fraction of sp³-hybridized carbons (Fsp3) is 0.385. The van der Waals surface area contributed by atoms with Crippen molar-refractivity contribution in [3.8, 4) is 28.4 Å². The second-order valence-corrected chi connectivity index (χ2v) is 9.23. The fourth-order valence-corrected chi connectivity index (χ4v) is 3.29. The summed E-state index contributed by atoms with van der Waals surface area (Å²) in [5.74, 6) is -0.0607. The molecule has 0 aliphatic heterocycles. The fourth-order valence-electron chi connectivity index (χ4n) is 3.29. The molecule has 8 nitrogen and oxygen atoms in total. The lowest BCUT2D eigenvalue weighted by Crippen LogP contribution is -2.27. The number of hydrogen-bond donors (Lipinski definition) is 2. The molecule has 2 N–H and O–H groups in total. The van der Waals surface area contributed by atoms with Gasteiger partial charge < -0.3 is 19.4 Å². The van der Waals surface area contributed by atoms with Gasteiger partial charge in [-0.15, -0.1) is 0 Å². The molecule has 0 radical (unpaired) electrons. The Hall–Kier alpha value is -3.52. The molecule has 3 rings (SSSR count). The van der Waals surface area contributed by atoms with Gasteiger partial charge in [-0.3, -0.25) is 9.68 Å². The van der Waals surface area contributed by atoms with Gasteiger partial charge in [0, 0.05) is 12.1 Å². The Labute approximate surface area is 197 Å². The van der Waals surface area contributed by atoms with Crippen molar-refractivity contribution in [1.82, 2.24) is 0 Å². The molecule has 0 bridgehead atoms. The predicted molar refractivity (Wildman–Crippen MR) is 127 cm³/mol. The maximum Gasteiger partial charge on any atom is 0.347 e. The molecular weight excluding hydrogens is 440 g/mol. The van der Waals surface area contributed by atoms with Crippen LogP contribution in [0.3, 0.4) is 0 Å². The van der Waals surface area contributed by atoms with E-state index in [4.69, 9.17) is 18.9 Å². The van der Waals surface area contributed by atoms with Crippen molar-refractivity contribution in [2.75, 3.05) is 13.2 Å². The number of carbonyl (C=O) groups is 1. The summed E-state index contributed by atoms with van der Waals surface area (Å²) in [7, 11) is 0. The number of phenolic OH excluding ortho intramolecular Hbond substituents is 2. The van der Waals surface area contributed by atoms with Gasteiger partial charge in [0.1, 0.15) is 34.5 Å². The lowest BCUT2D eigenvalue weighted by Gasteiger charge is -2.21. The topological polar surface area (TPSA) is 115 Å². The van der Waals surface area contributed by atoms with Gasteiger partial charge in [-0.2, -0.15) is 4.89 Å². The zero-order chi connectivity index (χ0) is 24.9. The van der Waals surface area contributed by atoms with Gasteiger partial charge in [0.15, 0.2) is 0 Å². The molecule has 0 spiro atoms. The summed E-state index contributed by atoms with van der Waals surface area (Å²) in [6, 6.07) is 9.27. The molecule has 182 valence electrons. The zero-order valence-corrected chi connectivity index (χ0v) is 19.8. The van der Waals surface area contributed by atoms with Crippen LogP contribution in [0, 0.1) is 11.3 Å². The van der Waals surface area contributed by atoms with E-state index in [0.29, 0.717) is 37.4 Å². The molecule has 34 heavy (non-hydrogen) atoms. The van der Waals surface area contributed by atoms with E-state index < -0.39 is 16.8 Å².